The predicted octanol–water partition coefficient (Wildman–Crippen LogP) is 4.23. The molecule has 4 rings (SSSR count). The highest BCUT2D eigenvalue weighted by atomic mass is 16.5. The van der Waals surface area contributed by atoms with Gasteiger partial charge in [0.25, 0.3) is 5.91 Å². The summed E-state index contributed by atoms with van der Waals surface area (Å²) in [7, 11) is 1.58. The number of urea groups is 1. The van der Waals surface area contributed by atoms with Crippen molar-refractivity contribution in [3.8, 4) is 5.75 Å². The monoisotopic (exact) mass is 386 g/mol. The Bertz CT molecular complexity index is 1090. The number of ether oxygens (including phenoxy) is 1. The summed E-state index contributed by atoms with van der Waals surface area (Å²) in [6, 6.07) is 17.4. The molecule has 0 bridgehead atoms. The van der Waals surface area contributed by atoms with Crippen molar-refractivity contribution in [2.24, 2.45) is 0 Å². The van der Waals surface area contributed by atoms with Crippen LogP contribution in [0, 0.1) is 0 Å². The Labute approximate surface area is 167 Å². The van der Waals surface area contributed by atoms with Crippen molar-refractivity contribution in [2.45, 2.75) is 0 Å². The number of nitrogens with zero attached hydrogens (tertiary/aromatic N) is 1. The van der Waals surface area contributed by atoms with Gasteiger partial charge in [0, 0.05) is 23.1 Å². The van der Waals surface area contributed by atoms with E-state index < -0.39 is 0 Å². The largest absolute Gasteiger partial charge is 0.497 e. The Balaban J connectivity index is 1.48. The van der Waals surface area contributed by atoms with Crippen LogP contribution in [0.15, 0.2) is 66.9 Å². The van der Waals surface area contributed by atoms with Gasteiger partial charge in [-0.1, -0.05) is 12.1 Å². The molecule has 144 valence electrons. The first kappa shape index (κ1) is 18.2. The van der Waals surface area contributed by atoms with E-state index in [9.17, 15) is 9.59 Å². The molecule has 2 heterocycles. The number of hydrogen-bond donors (Lipinski definition) is 3. The molecule has 0 spiro atoms. The molecule has 0 saturated heterocycles. The Kier molecular flexibility index (Phi) is 4.94. The fourth-order valence-electron chi connectivity index (χ4n) is 2.99. The number of fused-ring (bicyclic) bond motifs is 1. The number of carbonyl (C=O) groups excluding carboxylic acids is 2. The number of hydrogen-bond acceptors (Lipinski definition) is 4. The molecule has 0 atom stereocenters. The van der Waals surface area contributed by atoms with E-state index in [1.54, 1.807) is 61.8 Å². The van der Waals surface area contributed by atoms with Crippen LogP contribution in [0.25, 0.3) is 11.6 Å². The molecule has 1 aliphatic rings. The van der Waals surface area contributed by atoms with Crippen LogP contribution in [-0.4, -0.2) is 24.0 Å². The molecular formula is C22H18N4O3. The summed E-state index contributed by atoms with van der Waals surface area (Å²) in [6.45, 7) is 0. The SMILES string of the molecule is COc1ccc(NC(=O)Nc2ccc3c(c2)NC(=O)/C3=C\c2ccccn2)cc1. The van der Waals surface area contributed by atoms with E-state index in [0.717, 1.165) is 5.56 Å². The lowest BCUT2D eigenvalue weighted by Crippen LogP contribution is -2.19. The zero-order valence-corrected chi connectivity index (χ0v) is 15.6. The number of pyridine rings is 1. The zero-order valence-electron chi connectivity index (χ0n) is 15.6. The standard InChI is InChI=1S/C22H18N4O3/c1-29-17-8-5-14(6-9-17)24-22(28)25-16-7-10-18-19(21(27)26-20(18)13-16)12-15-4-2-3-11-23-15/h2-13H,1H3,(H,26,27)(H2,24,25,28)/b19-12-. The average Bonchev–Trinajstić information content (AvgIpc) is 3.03. The molecule has 0 aliphatic carbocycles. The summed E-state index contributed by atoms with van der Waals surface area (Å²) >= 11 is 0. The van der Waals surface area contributed by atoms with Crippen LogP contribution >= 0.6 is 0 Å². The van der Waals surface area contributed by atoms with Crippen LogP contribution in [0.2, 0.25) is 0 Å². The smallest absolute Gasteiger partial charge is 0.323 e. The first-order chi connectivity index (χ1) is 14.1. The van der Waals surface area contributed by atoms with Crippen molar-refractivity contribution in [1.82, 2.24) is 4.98 Å². The molecule has 29 heavy (non-hydrogen) atoms. The second-order valence-electron chi connectivity index (χ2n) is 6.33. The molecule has 0 saturated carbocycles. The van der Waals surface area contributed by atoms with Gasteiger partial charge >= 0.3 is 6.03 Å². The van der Waals surface area contributed by atoms with Crippen molar-refractivity contribution < 1.29 is 14.3 Å². The summed E-state index contributed by atoms with van der Waals surface area (Å²) in [4.78, 5) is 28.8. The number of rotatable bonds is 4. The van der Waals surface area contributed by atoms with Gasteiger partial charge in [-0.2, -0.15) is 0 Å². The van der Waals surface area contributed by atoms with Gasteiger partial charge in [-0.3, -0.25) is 9.78 Å². The van der Waals surface area contributed by atoms with Crippen molar-refractivity contribution in [2.75, 3.05) is 23.1 Å². The van der Waals surface area contributed by atoms with Gasteiger partial charge < -0.3 is 20.7 Å². The number of aromatic nitrogens is 1. The normalized spacial score (nSPS) is 13.6. The average molecular weight is 386 g/mol. The highest BCUT2D eigenvalue weighted by molar-refractivity contribution is 6.35. The van der Waals surface area contributed by atoms with E-state index in [2.05, 4.69) is 20.9 Å². The van der Waals surface area contributed by atoms with Gasteiger partial charge in [0.2, 0.25) is 0 Å². The van der Waals surface area contributed by atoms with Crippen molar-refractivity contribution in [3.05, 3.63) is 78.1 Å². The number of amides is 3. The van der Waals surface area contributed by atoms with Gasteiger partial charge in [0.1, 0.15) is 5.75 Å². The Morgan fingerprint density at radius 1 is 1.03 bits per heavy atom. The van der Waals surface area contributed by atoms with Crippen LogP contribution in [0.4, 0.5) is 21.9 Å². The molecule has 3 aromatic rings. The molecular weight excluding hydrogens is 368 g/mol. The second kappa shape index (κ2) is 7.85. The molecule has 1 aliphatic heterocycles. The van der Waals surface area contributed by atoms with E-state index in [4.69, 9.17) is 4.74 Å². The molecule has 3 N–H and O–H groups in total. The zero-order chi connectivity index (χ0) is 20.2. The number of methoxy groups -OCH3 is 1. The molecule has 0 unspecified atom stereocenters. The van der Waals surface area contributed by atoms with Crippen LogP contribution in [0.1, 0.15) is 11.3 Å². The van der Waals surface area contributed by atoms with Crippen LogP contribution < -0.4 is 20.7 Å². The van der Waals surface area contributed by atoms with Crippen molar-refractivity contribution in [1.29, 1.82) is 0 Å². The maximum Gasteiger partial charge on any atom is 0.323 e. The predicted molar refractivity (Wildman–Crippen MR) is 113 cm³/mol. The number of nitrogens with one attached hydrogen (secondary N) is 3. The Morgan fingerprint density at radius 3 is 2.52 bits per heavy atom. The molecule has 2 aromatic carbocycles. The number of carbonyl (C=O) groups is 2. The molecule has 3 amide bonds. The Morgan fingerprint density at radius 2 is 1.79 bits per heavy atom. The molecule has 7 nitrogen and oxygen atoms in total. The quantitative estimate of drug-likeness (QED) is 0.585. The third-order valence-corrected chi connectivity index (χ3v) is 4.39. The third-order valence-electron chi connectivity index (χ3n) is 4.39. The fourth-order valence-corrected chi connectivity index (χ4v) is 2.99. The number of anilines is 3. The van der Waals surface area contributed by atoms with Gasteiger partial charge in [0.15, 0.2) is 0 Å². The van der Waals surface area contributed by atoms with Crippen LogP contribution in [-0.2, 0) is 4.79 Å². The molecule has 7 heteroatoms. The first-order valence-electron chi connectivity index (χ1n) is 8.93. The minimum atomic E-state index is -0.385. The highest BCUT2D eigenvalue weighted by Gasteiger charge is 2.24. The summed E-state index contributed by atoms with van der Waals surface area (Å²) < 4.78 is 5.10. The van der Waals surface area contributed by atoms with Crippen molar-refractivity contribution in [3.63, 3.8) is 0 Å². The van der Waals surface area contributed by atoms with Gasteiger partial charge in [-0.15, -0.1) is 0 Å². The lowest BCUT2D eigenvalue weighted by Gasteiger charge is -2.09. The van der Waals surface area contributed by atoms with E-state index in [0.29, 0.717) is 34.1 Å². The van der Waals surface area contributed by atoms with E-state index in [1.807, 2.05) is 18.2 Å². The van der Waals surface area contributed by atoms with Gasteiger partial charge in [0.05, 0.1) is 24.1 Å². The fraction of sp³-hybridized carbons (Fsp3) is 0.0455. The topological polar surface area (TPSA) is 92.4 Å². The van der Waals surface area contributed by atoms with E-state index in [-0.39, 0.29) is 11.9 Å². The summed E-state index contributed by atoms with van der Waals surface area (Å²) in [5.41, 5.74) is 3.84. The van der Waals surface area contributed by atoms with Gasteiger partial charge in [-0.25, -0.2) is 4.79 Å². The van der Waals surface area contributed by atoms with Crippen LogP contribution in [0.3, 0.4) is 0 Å². The summed E-state index contributed by atoms with van der Waals surface area (Å²) in [6.07, 6.45) is 3.42. The third kappa shape index (κ3) is 4.08. The minimum Gasteiger partial charge on any atom is -0.497 e. The maximum atomic E-state index is 12.3. The highest BCUT2D eigenvalue weighted by Crippen LogP contribution is 2.34. The Hall–Kier alpha value is -4.13. The lowest BCUT2D eigenvalue weighted by molar-refractivity contribution is -0.110. The molecule has 0 fully saturated rings. The van der Waals surface area contributed by atoms with Gasteiger partial charge in [-0.05, 0) is 54.6 Å². The molecule has 1 aromatic heterocycles. The first-order valence-corrected chi connectivity index (χ1v) is 8.93. The van der Waals surface area contributed by atoms with Crippen molar-refractivity contribution >= 4 is 40.6 Å². The maximum absolute atomic E-state index is 12.3. The molecule has 0 radical (unpaired) electrons. The number of benzene rings is 2. The lowest BCUT2D eigenvalue weighted by atomic mass is 10.1. The minimum absolute atomic E-state index is 0.203. The summed E-state index contributed by atoms with van der Waals surface area (Å²) in [5, 5.41) is 8.33. The van der Waals surface area contributed by atoms with Crippen LogP contribution in [0.5, 0.6) is 5.75 Å². The van der Waals surface area contributed by atoms with E-state index in [1.165, 1.54) is 0 Å². The summed E-state index contributed by atoms with van der Waals surface area (Å²) in [5.74, 6) is 0.505. The second-order valence-corrected chi connectivity index (χ2v) is 6.33. The van der Waals surface area contributed by atoms with E-state index >= 15 is 0 Å².